The highest BCUT2D eigenvalue weighted by atomic mass is 16.1. The molecular weight excluding hydrogens is 202 g/mol. The van der Waals surface area contributed by atoms with Crippen molar-refractivity contribution in [2.24, 2.45) is 0 Å². The van der Waals surface area contributed by atoms with E-state index < -0.39 is 5.78 Å². The fourth-order valence-corrected chi connectivity index (χ4v) is 1.68. The summed E-state index contributed by atoms with van der Waals surface area (Å²) in [6.07, 6.45) is 0.618. The molecule has 0 aromatic heterocycles. The van der Waals surface area contributed by atoms with Gasteiger partial charge in [0.05, 0.1) is 0 Å². The van der Waals surface area contributed by atoms with Gasteiger partial charge in [-0.25, -0.2) is 0 Å². The zero-order valence-corrected chi connectivity index (χ0v) is 8.31. The molecule has 76 valence electrons. The molecule has 0 amide bonds. The Morgan fingerprint density at radius 3 is 2.62 bits per heavy atom. The van der Waals surface area contributed by atoms with Gasteiger partial charge in [-0.2, -0.15) is 5.26 Å². The minimum Gasteiger partial charge on any atom is -0.298 e. The lowest BCUT2D eigenvalue weighted by molar-refractivity contribution is 0.104. The van der Waals surface area contributed by atoms with Gasteiger partial charge in [-0.15, -0.1) is 0 Å². The van der Waals surface area contributed by atoms with Crippen LogP contribution >= 0.6 is 0 Å². The van der Waals surface area contributed by atoms with Gasteiger partial charge in [0.15, 0.2) is 6.29 Å². The zero-order chi connectivity index (χ0) is 11.5. The number of aldehydes is 1. The van der Waals surface area contributed by atoms with E-state index in [1.807, 2.05) is 12.1 Å². The van der Waals surface area contributed by atoms with Crippen LogP contribution in [-0.4, -0.2) is 12.1 Å². The van der Waals surface area contributed by atoms with Gasteiger partial charge < -0.3 is 0 Å². The Balaban J connectivity index is 2.84. The molecule has 0 saturated heterocycles. The molecule has 0 bridgehead atoms. The molecule has 0 aliphatic carbocycles. The molecule has 3 heteroatoms. The lowest BCUT2D eigenvalue weighted by Crippen LogP contribution is -2.01. The van der Waals surface area contributed by atoms with Crippen LogP contribution in [0.5, 0.6) is 0 Å². The molecule has 0 radical (unpaired) electrons. The van der Waals surface area contributed by atoms with Crippen molar-refractivity contribution in [1.82, 2.24) is 0 Å². The lowest BCUT2D eigenvalue weighted by Gasteiger charge is -2.04. The van der Waals surface area contributed by atoms with Gasteiger partial charge in [0.25, 0.3) is 5.78 Å². The maximum absolute atomic E-state index is 11.3. The molecule has 0 N–H and O–H groups in total. The van der Waals surface area contributed by atoms with Crippen LogP contribution in [0, 0.1) is 11.3 Å². The summed E-state index contributed by atoms with van der Waals surface area (Å²) in [5, 5.41) is 10.1. The van der Waals surface area contributed by atoms with Crippen LogP contribution in [0.2, 0.25) is 0 Å². The van der Waals surface area contributed by atoms with Crippen LogP contribution in [0.15, 0.2) is 36.4 Å². The normalized spacial score (nSPS) is 9.69. The topological polar surface area (TPSA) is 57.9 Å². The van der Waals surface area contributed by atoms with E-state index in [1.165, 1.54) is 12.1 Å². The molecule has 0 aliphatic heterocycles. The van der Waals surface area contributed by atoms with Crippen LogP contribution in [0.1, 0.15) is 20.7 Å². The smallest absolute Gasteiger partial charge is 0.262 e. The van der Waals surface area contributed by atoms with Crippen molar-refractivity contribution in [2.45, 2.75) is 0 Å². The van der Waals surface area contributed by atoms with Gasteiger partial charge in [0, 0.05) is 11.1 Å². The van der Waals surface area contributed by atoms with E-state index in [0.29, 0.717) is 11.7 Å². The van der Waals surface area contributed by atoms with Crippen molar-refractivity contribution in [3.05, 3.63) is 47.5 Å². The van der Waals surface area contributed by atoms with Gasteiger partial charge >= 0.3 is 0 Å². The number of hydrogen-bond acceptors (Lipinski definition) is 3. The zero-order valence-electron chi connectivity index (χ0n) is 8.31. The summed E-state index contributed by atoms with van der Waals surface area (Å²) in [4.78, 5) is 22.3. The van der Waals surface area contributed by atoms with Gasteiger partial charge in [0.2, 0.25) is 0 Å². The Morgan fingerprint density at radius 2 is 1.94 bits per heavy atom. The minimum atomic E-state index is -0.687. The molecule has 3 nitrogen and oxygen atoms in total. The van der Waals surface area contributed by atoms with Gasteiger partial charge in [-0.05, 0) is 16.8 Å². The highest BCUT2D eigenvalue weighted by Crippen LogP contribution is 2.21. The summed E-state index contributed by atoms with van der Waals surface area (Å²) in [6.45, 7) is 0. The largest absolute Gasteiger partial charge is 0.298 e. The Labute approximate surface area is 91.9 Å². The predicted molar refractivity (Wildman–Crippen MR) is 59.3 cm³/mol. The summed E-state index contributed by atoms with van der Waals surface area (Å²) in [5.74, 6) is -0.687. The number of nitrogens with zero attached hydrogens (tertiary/aromatic N) is 1. The molecule has 2 rings (SSSR count). The van der Waals surface area contributed by atoms with Crippen LogP contribution in [-0.2, 0) is 0 Å². The molecule has 2 aromatic carbocycles. The molecule has 0 unspecified atom stereocenters. The number of fused-ring (bicyclic) bond motifs is 1. The second-order valence-electron chi connectivity index (χ2n) is 3.31. The third-order valence-electron chi connectivity index (χ3n) is 2.43. The van der Waals surface area contributed by atoms with Crippen LogP contribution in [0.3, 0.4) is 0 Å². The Kier molecular flexibility index (Phi) is 2.49. The van der Waals surface area contributed by atoms with E-state index in [4.69, 9.17) is 5.26 Å². The van der Waals surface area contributed by atoms with E-state index in [-0.39, 0.29) is 11.1 Å². The van der Waals surface area contributed by atoms with Crippen molar-refractivity contribution < 1.29 is 9.59 Å². The standard InChI is InChI=1S/C13H7NO2/c14-7-13(16)11-6-5-9-3-1-2-4-10(9)12(11)8-15/h1-6,8H. The minimum absolute atomic E-state index is 0.163. The fourth-order valence-electron chi connectivity index (χ4n) is 1.68. The number of rotatable bonds is 2. The number of carbonyl (C=O) groups is 2. The molecular formula is C13H7NO2. The summed E-state index contributed by atoms with van der Waals surface area (Å²) in [6, 6.07) is 12.0. The molecule has 0 saturated carbocycles. The number of benzene rings is 2. The lowest BCUT2D eigenvalue weighted by atomic mass is 9.98. The second-order valence-corrected chi connectivity index (χ2v) is 3.31. The fraction of sp³-hybridized carbons (Fsp3) is 0. The Morgan fingerprint density at radius 1 is 1.19 bits per heavy atom. The van der Waals surface area contributed by atoms with Crippen molar-refractivity contribution in [3.63, 3.8) is 0 Å². The molecule has 0 heterocycles. The van der Waals surface area contributed by atoms with E-state index in [9.17, 15) is 9.59 Å². The first-order chi connectivity index (χ1) is 7.77. The number of Topliss-reactive ketones (excluding diaryl/α,β-unsaturated/α-hetero) is 1. The summed E-state index contributed by atoms with van der Waals surface area (Å²) < 4.78 is 0. The van der Waals surface area contributed by atoms with Crippen LogP contribution in [0.4, 0.5) is 0 Å². The van der Waals surface area contributed by atoms with Crippen LogP contribution in [0.25, 0.3) is 10.8 Å². The number of carbonyl (C=O) groups excluding carboxylic acids is 2. The monoisotopic (exact) mass is 209 g/mol. The molecule has 0 fully saturated rings. The van der Waals surface area contributed by atoms with Gasteiger partial charge in [0.1, 0.15) is 6.07 Å². The Bertz CT molecular complexity index is 623. The summed E-state index contributed by atoms with van der Waals surface area (Å²) in [5.41, 5.74) is 0.445. The highest BCUT2D eigenvalue weighted by Gasteiger charge is 2.12. The number of hydrogen-bond donors (Lipinski definition) is 0. The van der Waals surface area contributed by atoms with Crippen molar-refractivity contribution in [3.8, 4) is 6.07 Å². The molecule has 0 spiro atoms. The van der Waals surface area contributed by atoms with Crippen molar-refractivity contribution in [2.75, 3.05) is 0 Å². The predicted octanol–water partition coefficient (Wildman–Crippen LogP) is 2.36. The third kappa shape index (κ3) is 1.47. The average Bonchev–Trinajstić information content (AvgIpc) is 2.36. The summed E-state index contributed by atoms with van der Waals surface area (Å²) >= 11 is 0. The second kappa shape index (κ2) is 3.95. The highest BCUT2D eigenvalue weighted by molar-refractivity contribution is 6.16. The van der Waals surface area contributed by atoms with Crippen molar-refractivity contribution in [1.29, 1.82) is 5.26 Å². The van der Waals surface area contributed by atoms with Crippen LogP contribution < -0.4 is 0 Å². The van der Waals surface area contributed by atoms with Gasteiger partial charge in [-0.3, -0.25) is 9.59 Å². The van der Waals surface area contributed by atoms with Crippen molar-refractivity contribution >= 4 is 22.8 Å². The van der Waals surface area contributed by atoms with E-state index >= 15 is 0 Å². The maximum Gasteiger partial charge on any atom is 0.262 e. The molecule has 2 aromatic rings. The van der Waals surface area contributed by atoms with Gasteiger partial charge in [-0.1, -0.05) is 30.3 Å². The molecule has 0 atom stereocenters. The maximum atomic E-state index is 11.3. The van der Waals surface area contributed by atoms with E-state index in [2.05, 4.69) is 0 Å². The first-order valence-electron chi connectivity index (χ1n) is 4.69. The third-order valence-corrected chi connectivity index (χ3v) is 2.43. The van der Waals surface area contributed by atoms with E-state index in [1.54, 1.807) is 18.2 Å². The number of nitriles is 1. The summed E-state index contributed by atoms with van der Waals surface area (Å²) in [7, 11) is 0. The first-order valence-corrected chi connectivity index (χ1v) is 4.69. The average molecular weight is 209 g/mol. The Hall–Kier alpha value is -2.47. The number of ketones is 1. The quantitative estimate of drug-likeness (QED) is 0.433. The molecule has 16 heavy (non-hydrogen) atoms. The molecule has 0 aliphatic rings. The van der Waals surface area contributed by atoms with E-state index in [0.717, 1.165) is 5.39 Å². The SMILES string of the molecule is N#CC(=O)c1ccc2ccccc2c1C=O. The first kappa shape index (κ1) is 10.1.